The fourth-order valence-corrected chi connectivity index (χ4v) is 0.680. The SMILES string of the molecule is Cl.Cl.[C-]1=CC=CC1.[C-]1=CC=CC1.[CH3-].[CH3-].[CH3-].[CH3-].[SiH2]=[Ti]. The second kappa shape index (κ2) is 43.2. The first-order chi connectivity index (χ1) is 6.00. The van der Waals surface area contributed by atoms with Gasteiger partial charge in [-0.05, 0) is 0 Å². The van der Waals surface area contributed by atoms with Gasteiger partial charge >= 0.3 is 26.8 Å². The first-order valence-electron chi connectivity index (χ1n) is 3.79. The van der Waals surface area contributed by atoms with Gasteiger partial charge in [-0.1, -0.05) is 0 Å². The van der Waals surface area contributed by atoms with Gasteiger partial charge in [-0.3, -0.25) is 12.2 Å². The summed E-state index contributed by atoms with van der Waals surface area (Å²) in [6.07, 6.45) is 20.0. The summed E-state index contributed by atoms with van der Waals surface area (Å²) in [4.78, 5) is 0. The van der Waals surface area contributed by atoms with Gasteiger partial charge in [0.2, 0.25) is 0 Å². The molecule has 0 spiro atoms. The third-order valence-corrected chi connectivity index (χ3v) is 1.17. The Kier molecular flexibility index (Phi) is 103. The van der Waals surface area contributed by atoms with Crippen molar-refractivity contribution in [2.75, 3.05) is 0 Å². The molecule has 0 aromatic carbocycles. The van der Waals surface area contributed by atoms with Crippen molar-refractivity contribution in [2.45, 2.75) is 12.8 Å². The zero-order valence-electron chi connectivity index (χ0n) is 11.9. The Balaban J connectivity index is -0.0000000183. The van der Waals surface area contributed by atoms with Crippen LogP contribution in [0.15, 0.2) is 36.5 Å². The summed E-state index contributed by atoms with van der Waals surface area (Å²) in [5.74, 6) is 0. The molecule has 2 rings (SSSR count). The molecule has 4 heteroatoms. The molecule has 0 radical (unpaired) electrons. The van der Waals surface area contributed by atoms with E-state index < -0.39 is 0 Å². The van der Waals surface area contributed by atoms with Crippen molar-refractivity contribution >= 4 is 32.4 Å². The Labute approximate surface area is 142 Å². The third kappa shape index (κ3) is 36.0. The van der Waals surface area contributed by atoms with E-state index >= 15 is 0 Å². The van der Waals surface area contributed by atoms with Crippen molar-refractivity contribution < 1.29 is 19.2 Å². The Morgan fingerprint density at radius 1 is 0.722 bits per heavy atom. The molecule has 0 N–H and O–H groups in total. The van der Waals surface area contributed by atoms with E-state index in [9.17, 15) is 0 Å². The molecular formula is C14H26Cl2SiTi-6. The summed E-state index contributed by atoms with van der Waals surface area (Å²) < 4.78 is 0. The minimum atomic E-state index is 0. The van der Waals surface area contributed by atoms with Gasteiger partial charge < -0.3 is 29.7 Å². The fraction of sp³-hybridized carbons (Fsp3) is 0.143. The Morgan fingerprint density at radius 2 is 1.00 bits per heavy atom. The van der Waals surface area contributed by atoms with E-state index in [1.807, 2.05) is 51.1 Å². The van der Waals surface area contributed by atoms with Gasteiger partial charge in [0.1, 0.15) is 0 Å². The van der Waals surface area contributed by atoms with Crippen molar-refractivity contribution in [3.63, 3.8) is 0 Å². The van der Waals surface area contributed by atoms with Gasteiger partial charge in [0.15, 0.2) is 0 Å². The second-order valence-electron chi connectivity index (χ2n) is 2.01. The molecule has 0 nitrogen and oxygen atoms in total. The maximum atomic E-state index is 2.99. The van der Waals surface area contributed by atoms with Gasteiger partial charge in [0, 0.05) is 0 Å². The van der Waals surface area contributed by atoms with Crippen LogP contribution in [-0.4, -0.2) is 7.63 Å². The Bertz CT molecular complexity index is 170. The molecule has 0 unspecified atom stereocenters. The number of rotatable bonds is 0. The molecule has 0 fully saturated rings. The standard InChI is InChI=1S/2C5H5.4CH3.2ClH.H2Si.Ti/c2*1-2-4-5-3-1;;;;;;;;/h2*1-3H,4H2;4*1H3;2*1H;1H2;/q6*-1;;;;. The van der Waals surface area contributed by atoms with Crippen LogP contribution in [0.2, 0.25) is 0 Å². The molecule has 110 valence electrons. The summed E-state index contributed by atoms with van der Waals surface area (Å²) in [5.41, 5.74) is 0. The molecule has 0 heterocycles. The summed E-state index contributed by atoms with van der Waals surface area (Å²) in [5, 5.41) is 0. The molecule has 0 amide bonds. The van der Waals surface area contributed by atoms with Crippen molar-refractivity contribution in [1.29, 1.82) is 0 Å². The first kappa shape index (κ1) is 42.8. The Morgan fingerprint density at radius 3 is 1.06 bits per heavy atom. The van der Waals surface area contributed by atoms with Crippen LogP contribution in [0.3, 0.4) is 0 Å². The van der Waals surface area contributed by atoms with Crippen LogP contribution >= 0.6 is 24.8 Å². The van der Waals surface area contributed by atoms with E-state index in [1.54, 1.807) is 0 Å². The van der Waals surface area contributed by atoms with E-state index in [0.29, 0.717) is 0 Å². The molecule has 0 bridgehead atoms. The van der Waals surface area contributed by atoms with E-state index in [-0.39, 0.29) is 54.5 Å². The number of halogens is 2. The number of hydrogen-bond acceptors (Lipinski definition) is 0. The van der Waals surface area contributed by atoms with Crippen LogP contribution in [0.1, 0.15) is 12.8 Å². The fourth-order valence-electron chi connectivity index (χ4n) is 0.680. The molecule has 0 atom stereocenters. The van der Waals surface area contributed by atoms with Crippen LogP contribution in [0.25, 0.3) is 0 Å². The topological polar surface area (TPSA) is 0 Å². The van der Waals surface area contributed by atoms with Crippen molar-refractivity contribution in [2.24, 2.45) is 0 Å². The molecule has 0 saturated heterocycles. The zero-order valence-corrected chi connectivity index (χ0v) is 16.5. The van der Waals surface area contributed by atoms with Gasteiger partial charge in [-0.2, -0.15) is 12.2 Å². The van der Waals surface area contributed by atoms with Gasteiger partial charge in [0.25, 0.3) is 0 Å². The molecule has 0 aromatic rings. The van der Waals surface area contributed by atoms with Crippen molar-refractivity contribution in [3.8, 4) is 0 Å². The second-order valence-corrected chi connectivity index (χ2v) is 2.01. The average molecular weight is 341 g/mol. The van der Waals surface area contributed by atoms with E-state index in [4.69, 9.17) is 0 Å². The molecule has 0 saturated carbocycles. The van der Waals surface area contributed by atoms with Gasteiger partial charge in [-0.25, -0.2) is 24.3 Å². The van der Waals surface area contributed by atoms with Crippen LogP contribution < -0.4 is 0 Å². The summed E-state index contributed by atoms with van der Waals surface area (Å²) in [6, 6.07) is 0. The predicted molar refractivity (Wildman–Crippen MR) is 91.8 cm³/mol. The van der Waals surface area contributed by atoms with Crippen LogP contribution in [-0.2, 0) is 19.2 Å². The third-order valence-electron chi connectivity index (χ3n) is 1.17. The normalized spacial score (nSPS) is 9.94. The van der Waals surface area contributed by atoms with Crippen molar-refractivity contribution in [3.05, 3.63) is 78.3 Å². The molecular weight excluding hydrogens is 315 g/mol. The van der Waals surface area contributed by atoms with E-state index in [1.165, 1.54) is 0 Å². The molecule has 18 heavy (non-hydrogen) atoms. The van der Waals surface area contributed by atoms with Crippen LogP contribution in [0.4, 0.5) is 0 Å². The van der Waals surface area contributed by atoms with Crippen molar-refractivity contribution in [1.82, 2.24) is 0 Å². The monoisotopic (exact) mass is 340 g/mol. The first-order valence-corrected chi connectivity index (χ1v) is 7.81. The van der Waals surface area contributed by atoms with Crippen LogP contribution in [0.5, 0.6) is 0 Å². The molecule has 2 aliphatic rings. The van der Waals surface area contributed by atoms with Gasteiger partial charge in [-0.15, -0.1) is 37.7 Å². The summed E-state index contributed by atoms with van der Waals surface area (Å²) in [6.45, 7) is 0. The molecule has 0 aliphatic heterocycles. The predicted octanol–water partition coefficient (Wildman–Crippen LogP) is 4.34. The van der Waals surface area contributed by atoms with Gasteiger partial charge in [0.05, 0.1) is 0 Å². The Hall–Kier alpha value is 0.471. The minimum absolute atomic E-state index is 0. The molecule has 0 aromatic heterocycles. The average Bonchev–Trinajstić information content (AvgIpc) is 2.87. The van der Waals surface area contributed by atoms with E-state index in [2.05, 4.69) is 24.3 Å². The van der Waals surface area contributed by atoms with Crippen LogP contribution in [0, 0.1) is 41.9 Å². The van der Waals surface area contributed by atoms with E-state index in [0.717, 1.165) is 12.8 Å². The summed E-state index contributed by atoms with van der Waals surface area (Å²) in [7, 11) is 1.86. The zero-order chi connectivity index (χ0) is 9.07. The number of hydrogen-bond donors (Lipinski definition) is 0. The summed E-state index contributed by atoms with van der Waals surface area (Å²) >= 11 is 2.03. The number of allylic oxidation sites excluding steroid dienone is 8. The quantitative estimate of drug-likeness (QED) is 0.454. The molecule has 2 aliphatic carbocycles. The maximum absolute atomic E-state index is 2.99.